The molecule has 3 unspecified atom stereocenters. The van der Waals surface area contributed by atoms with Crippen LogP contribution in [0, 0.1) is 19.8 Å². The molecule has 0 saturated carbocycles. The van der Waals surface area contributed by atoms with Gasteiger partial charge in [0.15, 0.2) is 0 Å². The smallest absolute Gasteiger partial charge is 0.408 e. The van der Waals surface area contributed by atoms with Crippen molar-refractivity contribution in [1.29, 1.82) is 0 Å². The van der Waals surface area contributed by atoms with E-state index in [9.17, 15) is 19.5 Å². The number of rotatable bonds is 11. The van der Waals surface area contributed by atoms with Crippen LogP contribution in [-0.4, -0.2) is 59.8 Å². The van der Waals surface area contributed by atoms with Gasteiger partial charge in [-0.2, -0.15) is 0 Å². The van der Waals surface area contributed by atoms with Crippen molar-refractivity contribution in [3.8, 4) is 5.75 Å². The molecule has 3 N–H and O–H groups in total. The van der Waals surface area contributed by atoms with Crippen LogP contribution >= 0.6 is 0 Å². The third kappa shape index (κ3) is 9.28. The number of hydrogen-bond acceptors (Lipinski definition) is 6. The van der Waals surface area contributed by atoms with Crippen molar-refractivity contribution in [1.82, 2.24) is 10.2 Å². The number of carbonyl (C=O) groups excluding carboxylic acids is 3. The number of anilines is 1. The minimum absolute atomic E-state index is 0.116. The van der Waals surface area contributed by atoms with Crippen LogP contribution in [0.1, 0.15) is 63.8 Å². The first-order chi connectivity index (χ1) is 18.3. The van der Waals surface area contributed by atoms with Crippen molar-refractivity contribution in [2.24, 2.45) is 5.92 Å². The van der Waals surface area contributed by atoms with Gasteiger partial charge in [0, 0.05) is 12.2 Å². The van der Waals surface area contributed by atoms with Gasteiger partial charge in [0.1, 0.15) is 23.4 Å². The molecule has 214 valence electrons. The number of methoxy groups -OCH3 is 1. The lowest BCUT2D eigenvalue weighted by Crippen LogP contribution is -2.55. The molecular weight excluding hydrogens is 498 g/mol. The zero-order valence-electron chi connectivity index (χ0n) is 24.3. The topological polar surface area (TPSA) is 117 Å². The summed E-state index contributed by atoms with van der Waals surface area (Å²) in [5.41, 5.74) is 2.22. The summed E-state index contributed by atoms with van der Waals surface area (Å²) < 4.78 is 10.6. The maximum Gasteiger partial charge on any atom is 0.408 e. The summed E-state index contributed by atoms with van der Waals surface area (Å²) in [6, 6.07) is 10.5. The Morgan fingerprint density at radius 2 is 1.62 bits per heavy atom. The van der Waals surface area contributed by atoms with Gasteiger partial charge in [0.05, 0.1) is 13.7 Å². The first-order valence-corrected chi connectivity index (χ1v) is 13.2. The molecule has 0 aliphatic heterocycles. The number of amides is 3. The highest BCUT2D eigenvalue weighted by Gasteiger charge is 2.38. The number of hydrogen-bond donors (Lipinski definition) is 3. The maximum atomic E-state index is 14.1. The number of alkyl carbamates (subject to hydrolysis) is 1. The number of nitrogens with one attached hydrogen (secondary N) is 2. The molecule has 0 saturated heterocycles. The fraction of sp³-hybridized carbons (Fsp3) is 0.500. The average molecular weight is 542 g/mol. The molecule has 3 atom stereocenters. The zero-order valence-corrected chi connectivity index (χ0v) is 24.3. The van der Waals surface area contributed by atoms with Crippen molar-refractivity contribution >= 4 is 23.6 Å². The Hall–Kier alpha value is -3.59. The van der Waals surface area contributed by atoms with Gasteiger partial charge in [-0.3, -0.25) is 9.59 Å². The fourth-order valence-corrected chi connectivity index (χ4v) is 4.30. The van der Waals surface area contributed by atoms with E-state index < -0.39 is 35.6 Å². The summed E-state index contributed by atoms with van der Waals surface area (Å²) in [6.45, 7) is 12.3. The average Bonchev–Trinajstić information content (AvgIpc) is 2.85. The summed E-state index contributed by atoms with van der Waals surface area (Å²) in [5.74, 6) is -0.568. The number of aryl methyl sites for hydroxylation is 2. The lowest BCUT2D eigenvalue weighted by Gasteiger charge is -2.36. The van der Waals surface area contributed by atoms with Crippen LogP contribution in [0.4, 0.5) is 10.5 Å². The number of carbonyl (C=O) groups is 3. The molecule has 39 heavy (non-hydrogen) atoms. The van der Waals surface area contributed by atoms with E-state index in [1.807, 2.05) is 45.9 Å². The van der Waals surface area contributed by atoms with E-state index in [0.29, 0.717) is 23.4 Å². The molecule has 0 fully saturated rings. The largest absolute Gasteiger partial charge is 0.497 e. The lowest BCUT2D eigenvalue weighted by molar-refractivity contribution is -0.142. The SMILES string of the molecule is CCC(C)C(NC(=O)OC(C)(C)C)C(=O)N(CCO)C(C(=O)Nc1ccc(OC)cc1)c1cc(C)cc(C)c1. The van der Waals surface area contributed by atoms with Crippen molar-refractivity contribution in [2.75, 3.05) is 25.6 Å². The van der Waals surface area contributed by atoms with Crippen LogP contribution in [0.5, 0.6) is 5.75 Å². The minimum atomic E-state index is -1.07. The van der Waals surface area contributed by atoms with Gasteiger partial charge in [-0.25, -0.2) is 4.79 Å². The number of aliphatic hydroxyl groups excluding tert-OH is 1. The Kier molecular flexibility index (Phi) is 11.3. The minimum Gasteiger partial charge on any atom is -0.497 e. The van der Waals surface area contributed by atoms with Crippen molar-refractivity contribution < 1.29 is 29.0 Å². The molecule has 0 bridgehead atoms. The molecule has 0 heterocycles. The molecule has 2 rings (SSSR count). The molecule has 0 aliphatic rings. The van der Waals surface area contributed by atoms with Crippen LogP contribution < -0.4 is 15.4 Å². The fourth-order valence-electron chi connectivity index (χ4n) is 4.30. The highest BCUT2D eigenvalue weighted by atomic mass is 16.6. The number of aliphatic hydroxyl groups is 1. The molecule has 2 aromatic rings. The lowest BCUT2D eigenvalue weighted by atomic mass is 9.94. The molecule has 9 heteroatoms. The molecule has 0 aliphatic carbocycles. The monoisotopic (exact) mass is 541 g/mol. The molecule has 3 amide bonds. The predicted octanol–water partition coefficient (Wildman–Crippen LogP) is 4.75. The van der Waals surface area contributed by atoms with Gasteiger partial charge < -0.3 is 30.1 Å². The van der Waals surface area contributed by atoms with Gasteiger partial charge in [0.2, 0.25) is 5.91 Å². The zero-order chi connectivity index (χ0) is 29.3. The highest BCUT2D eigenvalue weighted by molar-refractivity contribution is 5.99. The summed E-state index contributed by atoms with van der Waals surface area (Å²) in [6.07, 6.45) is -0.137. The van der Waals surface area contributed by atoms with E-state index in [-0.39, 0.29) is 19.1 Å². The third-order valence-corrected chi connectivity index (χ3v) is 6.25. The Bertz CT molecular complexity index is 1110. The van der Waals surface area contributed by atoms with Crippen LogP contribution in [0.2, 0.25) is 0 Å². The van der Waals surface area contributed by atoms with Crippen molar-refractivity contribution in [2.45, 2.75) is 72.6 Å². The van der Waals surface area contributed by atoms with E-state index in [1.54, 1.807) is 52.1 Å². The van der Waals surface area contributed by atoms with Gasteiger partial charge in [-0.05, 0) is 70.4 Å². The van der Waals surface area contributed by atoms with Crippen LogP contribution in [0.3, 0.4) is 0 Å². The Morgan fingerprint density at radius 1 is 1.03 bits per heavy atom. The maximum absolute atomic E-state index is 14.1. The molecule has 9 nitrogen and oxygen atoms in total. The highest BCUT2D eigenvalue weighted by Crippen LogP contribution is 2.28. The number of benzene rings is 2. The Balaban J connectivity index is 2.55. The first-order valence-electron chi connectivity index (χ1n) is 13.2. The van der Waals surface area contributed by atoms with Gasteiger partial charge in [-0.1, -0.05) is 49.6 Å². The number of ether oxygens (including phenoxy) is 2. The van der Waals surface area contributed by atoms with E-state index in [1.165, 1.54) is 4.90 Å². The summed E-state index contributed by atoms with van der Waals surface area (Å²) in [4.78, 5) is 42.0. The van der Waals surface area contributed by atoms with Crippen molar-refractivity contribution in [3.63, 3.8) is 0 Å². The molecule has 2 aromatic carbocycles. The Labute approximate surface area is 231 Å². The Morgan fingerprint density at radius 3 is 2.10 bits per heavy atom. The molecule has 0 aromatic heterocycles. The number of nitrogens with zero attached hydrogens (tertiary/aromatic N) is 1. The summed E-state index contributed by atoms with van der Waals surface area (Å²) in [5, 5.41) is 15.6. The van der Waals surface area contributed by atoms with Crippen molar-refractivity contribution in [3.05, 3.63) is 59.2 Å². The van der Waals surface area contributed by atoms with Crippen LogP contribution in [-0.2, 0) is 14.3 Å². The second-order valence-corrected chi connectivity index (χ2v) is 10.8. The predicted molar refractivity (Wildman–Crippen MR) is 152 cm³/mol. The van der Waals surface area contributed by atoms with E-state index >= 15 is 0 Å². The normalized spacial score (nSPS) is 13.6. The standard InChI is InChI=1S/C30H43N3O6/c1-9-21(4)25(32-29(37)39-30(5,6)7)28(36)33(14-15-34)26(22-17-19(2)16-20(3)18-22)27(35)31-23-10-12-24(38-8)13-11-23/h10-13,16-18,21,25-26,34H,9,14-15H2,1-8H3,(H,31,35)(H,32,37). The van der Waals surface area contributed by atoms with E-state index in [4.69, 9.17) is 9.47 Å². The van der Waals surface area contributed by atoms with Crippen LogP contribution in [0.15, 0.2) is 42.5 Å². The van der Waals surface area contributed by atoms with E-state index in [0.717, 1.165) is 11.1 Å². The van der Waals surface area contributed by atoms with E-state index in [2.05, 4.69) is 10.6 Å². The first kappa shape index (κ1) is 31.6. The molecular formula is C30H43N3O6. The molecule has 0 spiro atoms. The van der Waals surface area contributed by atoms with Gasteiger partial charge in [-0.15, -0.1) is 0 Å². The van der Waals surface area contributed by atoms with Crippen LogP contribution in [0.25, 0.3) is 0 Å². The quantitative estimate of drug-likeness (QED) is 0.378. The summed E-state index contributed by atoms with van der Waals surface area (Å²) >= 11 is 0. The van der Waals surface area contributed by atoms with Gasteiger partial charge in [0.25, 0.3) is 5.91 Å². The second-order valence-electron chi connectivity index (χ2n) is 10.8. The third-order valence-electron chi connectivity index (χ3n) is 6.25. The molecule has 0 radical (unpaired) electrons. The van der Waals surface area contributed by atoms with Gasteiger partial charge >= 0.3 is 6.09 Å². The summed E-state index contributed by atoms with van der Waals surface area (Å²) in [7, 11) is 1.56. The second kappa shape index (κ2) is 14.0.